The molecule has 16 heavy (non-hydrogen) atoms. The molecule has 1 unspecified atom stereocenters. The molecule has 0 fully saturated rings. The number of benzene rings is 1. The number of hydrogen-bond acceptors (Lipinski definition) is 1. The van der Waals surface area contributed by atoms with E-state index in [0.29, 0.717) is 0 Å². The summed E-state index contributed by atoms with van der Waals surface area (Å²) in [6.07, 6.45) is 4.26. The minimum atomic E-state index is 0.274. The van der Waals surface area contributed by atoms with E-state index in [1.54, 1.807) is 0 Å². The van der Waals surface area contributed by atoms with E-state index in [1.807, 2.05) is 0 Å². The average Bonchev–Trinajstić information content (AvgIpc) is 2.68. The monoisotopic (exact) mass is 216 g/mol. The highest BCUT2D eigenvalue weighted by atomic mass is 14.9. The van der Waals surface area contributed by atoms with Crippen LogP contribution in [-0.4, -0.2) is 10.6 Å². The molecule has 0 saturated heterocycles. The summed E-state index contributed by atoms with van der Waals surface area (Å²) in [4.78, 5) is 0. The van der Waals surface area contributed by atoms with Crippen molar-refractivity contribution >= 4 is 10.9 Å². The zero-order valence-corrected chi connectivity index (χ0v) is 10.1. The lowest BCUT2D eigenvalue weighted by Gasteiger charge is -2.06. The van der Waals surface area contributed by atoms with Gasteiger partial charge >= 0.3 is 0 Å². The quantitative estimate of drug-likeness (QED) is 0.837. The first-order chi connectivity index (χ1) is 7.76. The van der Waals surface area contributed by atoms with Gasteiger partial charge in [-0.05, 0) is 31.4 Å². The number of aromatic nitrogens is 1. The first kappa shape index (κ1) is 11.2. The largest absolute Gasteiger partial charge is 0.347 e. The lowest BCUT2D eigenvalue weighted by atomic mass is 10.0. The Balaban J connectivity index is 2.45. The highest BCUT2D eigenvalue weighted by Gasteiger charge is 2.09. The summed E-state index contributed by atoms with van der Waals surface area (Å²) in [6.45, 7) is 5.33. The van der Waals surface area contributed by atoms with Gasteiger partial charge in [0.05, 0.1) is 0 Å². The Morgan fingerprint density at radius 1 is 1.25 bits per heavy atom. The molecule has 0 aliphatic carbocycles. The van der Waals surface area contributed by atoms with Crippen LogP contribution in [0, 0.1) is 0 Å². The predicted octanol–water partition coefficient (Wildman–Crippen LogP) is 2.94. The van der Waals surface area contributed by atoms with Gasteiger partial charge in [0.1, 0.15) is 0 Å². The molecule has 2 rings (SSSR count). The Bertz CT molecular complexity index is 471. The van der Waals surface area contributed by atoms with Gasteiger partial charge in [-0.1, -0.05) is 25.1 Å². The fourth-order valence-corrected chi connectivity index (χ4v) is 2.17. The molecule has 0 aliphatic rings. The summed E-state index contributed by atoms with van der Waals surface area (Å²) in [5.41, 5.74) is 8.74. The van der Waals surface area contributed by atoms with Crippen molar-refractivity contribution in [3.63, 3.8) is 0 Å². The molecule has 1 aromatic heterocycles. The Labute approximate surface area is 97.1 Å². The molecule has 2 N–H and O–H groups in total. The van der Waals surface area contributed by atoms with Crippen LogP contribution < -0.4 is 5.73 Å². The van der Waals surface area contributed by atoms with Gasteiger partial charge in [0.2, 0.25) is 0 Å². The fraction of sp³-hybridized carbons (Fsp3) is 0.429. The highest BCUT2D eigenvalue weighted by molar-refractivity contribution is 5.84. The second-order valence-corrected chi connectivity index (χ2v) is 4.33. The van der Waals surface area contributed by atoms with Gasteiger partial charge in [-0.3, -0.25) is 0 Å². The average molecular weight is 216 g/mol. The van der Waals surface area contributed by atoms with Crippen molar-refractivity contribution in [2.75, 3.05) is 0 Å². The number of hydrogen-bond donors (Lipinski definition) is 1. The second-order valence-electron chi connectivity index (χ2n) is 4.33. The van der Waals surface area contributed by atoms with Gasteiger partial charge in [0.15, 0.2) is 0 Å². The molecule has 86 valence electrons. The van der Waals surface area contributed by atoms with Gasteiger partial charge < -0.3 is 10.3 Å². The maximum Gasteiger partial charge on any atom is 0.0483 e. The third-order valence-electron chi connectivity index (χ3n) is 3.22. The highest BCUT2D eigenvalue weighted by Crippen LogP contribution is 2.22. The fourth-order valence-electron chi connectivity index (χ4n) is 2.17. The number of fused-ring (bicyclic) bond motifs is 1. The number of nitrogens with zero attached hydrogens (tertiary/aromatic N) is 1. The molecule has 0 amide bonds. The summed E-state index contributed by atoms with van der Waals surface area (Å²) in [7, 11) is 0. The Hall–Kier alpha value is -1.28. The molecule has 2 nitrogen and oxygen atoms in total. The summed E-state index contributed by atoms with van der Waals surface area (Å²) >= 11 is 0. The van der Waals surface area contributed by atoms with E-state index >= 15 is 0 Å². The van der Waals surface area contributed by atoms with Crippen LogP contribution >= 0.6 is 0 Å². The second kappa shape index (κ2) is 4.71. The summed E-state index contributed by atoms with van der Waals surface area (Å²) in [5.74, 6) is 0. The van der Waals surface area contributed by atoms with Gasteiger partial charge in [-0.2, -0.15) is 0 Å². The Morgan fingerprint density at radius 2 is 2.00 bits per heavy atom. The van der Waals surface area contributed by atoms with E-state index < -0.39 is 0 Å². The molecule has 0 bridgehead atoms. The van der Waals surface area contributed by atoms with Crippen LogP contribution in [0.3, 0.4) is 0 Å². The zero-order valence-electron chi connectivity index (χ0n) is 10.1. The third kappa shape index (κ3) is 1.98. The minimum absolute atomic E-state index is 0.274. The Kier molecular flexibility index (Phi) is 3.30. The standard InChI is InChI=1S/C14H20N2/c1-3-12(15)9-11-10-16(4-2)14-8-6-5-7-13(11)14/h5-8,10,12H,3-4,9,15H2,1-2H3. The summed E-state index contributed by atoms with van der Waals surface area (Å²) in [5, 5.41) is 1.35. The van der Waals surface area contributed by atoms with Crippen molar-refractivity contribution in [3.05, 3.63) is 36.0 Å². The van der Waals surface area contributed by atoms with E-state index in [2.05, 4.69) is 48.9 Å². The molecule has 0 saturated carbocycles. The topological polar surface area (TPSA) is 30.9 Å². The number of aryl methyl sites for hydroxylation is 1. The predicted molar refractivity (Wildman–Crippen MR) is 69.6 cm³/mol. The normalized spacial score (nSPS) is 13.2. The minimum Gasteiger partial charge on any atom is -0.347 e. The molecule has 1 atom stereocenters. The van der Waals surface area contributed by atoms with Crippen molar-refractivity contribution in [3.8, 4) is 0 Å². The number of rotatable bonds is 4. The van der Waals surface area contributed by atoms with Crippen LogP contribution in [-0.2, 0) is 13.0 Å². The molecule has 2 aromatic rings. The molecule has 0 radical (unpaired) electrons. The third-order valence-corrected chi connectivity index (χ3v) is 3.22. The molecule has 0 spiro atoms. The van der Waals surface area contributed by atoms with Crippen molar-refractivity contribution in [1.82, 2.24) is 4.57 Å². The van der Waals surface area contributed by atoms with Crippen molar-refractivity contribution in [2.45, 2.75) is 39.3 Å². The van der Waals surface area contributed by atoms with Crippen LogP contribution in [0.1, 0.15) is 25.8 Å². The molecule has 0 aliphatic heterocycles. The van der Waals surface area contributed by atoms with Crippen molar-refractivity contribution < 1.29 is 0 Å². The molecular weight excluding hydrogens is 196 g/mol. The zero-order chi connectivity index (χ0) is 11.5. The van der Waals surface area contributed by atoms with Gasteiger partial charge in [-0.25, -0.2) is 0 Å². The van der Waals surface area contributed by atoms with Gasteiger partial charge in [0.25, 0.3) is 0 Å². The molecule has 2 heteroatoms. The van der Waals surface area contributed by atoms with Crippen molar-refractivity contribution in [2.24, 2.45) is 5.73 Å². The van der Waals surface area contributed by atoms with E-state index in [1.165, 1.54) is 16.5 Å². The first-order valence-corrected chi connectivity index (χ1v) is 6.08. The van der Waals surface area contributed by atoms with E-state index in [-0.39, 0.29) is 6.04 Å². The van der Waals surface area contributed by atoms with Crippen LogP contribution in [0.25, 0.3) is 10.9 Å². The van der Waals surface area contributed by atoms with E-state index in [0.717, 1.165) is 19.4 Å². The van der Waals surface area contributed by atoms with E-state index in [9.17, 15) is 0 Å². The maximum absolute atomic E-state index is 6.04. The van der Waals surface area contributed by atoms with Crippen LogP contribution in [0.15, 0.2) is 30.5 Å². The SMILES string of the molecule is CCC(N)Cc1cn(CC)c2ccccc12. The smallest absolute Gasteiger partial charge is 0.0483 e. The molecule has 1 heterocycles. The maximum atomic E-state index is 6.04. The van der Waals surface area contributed by atoms with Gasteiger partial charge in [0, 0.05) is 29.7 Å². The first-order valence-electron chi connectivity index (χ1n) is 6.08. The van der Waals surface area contributed by atoms with Crippen LogP contribution in [0.2, 0.25) is 0 Å². The lowest BCUT2D eigenvalue weighted by Crippen LogP contribution is -2.21. The number of nitrogens with two attached hydrogens (primary N) is 1. The van der Waals surface area contributed by atoms with Gasteiger partial charge in [-0.15, -0.1) is 0 Å². The Morgan fingerprint density at radius 3 is 2.69 bits per heavy atom. The number of para-hydroxylation sites is 1. The summed E-state index contributed by atoms with van der Waals surface area (Å²) in [6, 6.07) is 8.84. The lowest BCUT2D eigenvalue weighted by molar-refractivity contribution is 0.646. The van der Waals surface area contributed by atoms with E-state index in [4.69, 9.17) is 5.73 Å². The van der Waals surface area contributed by atoms with Crippen molar-refractivity contribution in [1.29, 1.82) is 0 Å². The van der Waals surface area contributed by atoms with Crippen LogP contribution in [0.5, 0.6) is 0 Å². The summed E-state index contributed by atoms with van der Waals surface area (Å²) < 4.78 is 2.30. The molecular formula is C14H20N2. The molecule has 1 aromatic carbocycles. The van der Waals surface area contributed by atoms with Crippen LogP contribution in [0.4, 0.5) is 0 Å².